The molecule has 1 N–H and O–H groups in total. The molecular weight excluding hydrogens is 284 g/mol. The van der Waals surface area contributed by atoms with E-state index < -0.39 is 0 Å². The molecule has 0 bridgehead atoms. The van der Waals surface area contributed by atoms with Gasteiger partial charge in [0.05, 0.1) is 11.6 Å². The number of hydrogen-bond donors (Lipinski definition) is 1. The van der Waals surface area contributed by atoms with E-state index in [1.807, 2.05) is 49.4 Å². The molecule has 0 aliphatic heterocycles. The van der Waals surface area contributed by atoms with E-state index in [-0.39, 0.29) is 6.61 Å². The standard InChI is InChI=1S/C18H17ClO2/c1-14-5-10-18(17(19)12-14)21-13-16-8-6-15(7-9-16)4-2-3-11-20/h5-10,12,20H,3,11,13H2,1H3. The molecular formula is C18H17ClO2. The third kappa shape index (κ3) is 4.82. The van der Waals surface area contributed by atoms with E-state index in [9.17, 15) is 0 Å². The first-order valence-corrected chi connectivity index (χ1v) is 7.14. The van der Waals surface area contributed by atoms with E-state index in [4.69, 9.17) is 21.4 Å². The highest BCUT2D eigenvalue weighted by atomic mass is 35.5. The van der Waals surface area contributed by atoms with Gasteiger partial charge in [-0.1, -0.05) is 41.6 Å². The van der Waals surface area contributed by atoms with Crippen molar-refractivity contribution in [2.45, 2.75) is 20.0 Å². The Morgan fingerprint density at radius 3 is 2.57 bits per heavy atom. The van der Waals surface area contributed by atoms with E-state index in [0.29, 0.717) is 23.8 Å². The molecule has 0 saturated heterocycles. The molecule has 2 aromatic carbocycles. The zero-order valence-corrected chi connectivity index (χ0v) is 12.7. The van der Waals surface area contributed by atoms with Crippen LogP contribution in [0.2, 0.25) is 5.02 Å². The zero-order chi connectivity index (χ0) is 15.1. The summed E-state index contributed by atoms with van der Waals surface area (Å²) in [6.45, 7) is 2.55. The van der Waals surface area contributed by atoms with Crippen LogP contribution in [0.1, 0.15) is 23.1 Å². The average Bonchev–Trinajstić information content (AvgIpc) is 2.48. The zero-order valence-electron chi connectivity index (χ0n) is 11.9. The Labute approximate surface area is 130 Å². The molecule has 0 amide bonds. The minimum Gasteiger partial charge on any atom is -0.487 e. The minimum atomic E-state index is 0.0935. The van der Waals surface area contributed by atoms with Crippen LogP contribution in [0.4, 0.5) is 0 Å². The van der Waals surface area contributed by atoms with Crippen molar-refractivity contribution in [2.24, 2.45) is 0 Å². The number of halogens is 1. The summed E-state index contributed by atoms with van der Waals surface area (Å²) in [6.07, 6.45) is 0.497. The number of ether oxygens (including phenoxy) is 1. The molecule has 2 rings (SSSR count). The Bertz CT molecular complexity index is 651. The van der Waals surface area contributed by atoms with E-state index >= 15 is 0 Å². The number of aryl methyl sites for hydroxylation is 1. The maximum Gasteiger partial charge on any atom is 0.138 e. The number of benzene rings is 2. The predicted molar refractivity (Wildman–Crippen MR) is 85.5 cm³/mol. The van der Waals surface area contributed by atoms with Crippen LogP contribution in [0.5, 0.6) is 5.75 Å². The van der Waals surface area contributed by atoms with Crippen molar-refractivity contribution in [3.63, 3.8) is 0 Å². The van der Waals surface area contributed by atoms with Crippen molar-refractivity contribution in [3.05, 3.63) is 64.2 Å². The molecule has 0 aliphatic rings. The van der Waals surface area contributed by atoms with Gasteiger partial charge in [-0.15, -0.1) is 0 Å². The number of hydrogen-bond acceptors (Lipinski definition) is 2. The first kappa shape index (κ1) is 15.4. The summed E-state index contributed by atoms with van der Waals surface area (Å²) in [7, 11) is 0. The fraction of sp³-hybridized carbons (Fsp3) is 0.222. The van der Waals surface area contributed by atoms with Crippen molar-refractivity contribution < 1.29 is 9.84 Å². The van der Waals surface area contributed by atoms with Crippen LogP contribution in [0.3, 0.4) is 0 Å². The number of aliphatic hydroxyl groups is 1. The molecule has 0 heterocycles. The quantitative estimate of drug-likeness (QED) is 0.866. The molecule has 0 radical (unpaired) electrons. The van der Waals surface area contributed by atoms with Gasteiger partial charge in [-0.2, -0.15) is 0 Å². The summed E-state index contributed by atoms with van der Waals surface area (Å²) in [5.41, 5.74) is 3.10. The molecule has 21 heavy (non-hydrogen) atoms. The van der Waals surface area contributed by atoms with Crippen LogP contribution in [-0.2, 0) is 6.61 Å². The van der Waals surface area contributed by atoms with Crippen LogP contribution < -0.4 is 4.74 Å². The molecule has 0 aliphatic carbocycles. The minimum absolute atomic E-state index is 0.0935. The van der Waals surface area contributed by atoms with Gasteiger partial charge in [0.15, 0.2) is 0 Å². The number of rotatable bonds is 4. The highest BCUT2D eigenvalue weighted by Gasteiger charge is 2.02. The summed E-state index contributed by atoms with van der Waals surface area (Å²) in [5.74, 6) is 6.57. The molecule has 2 aromatic rings. The Balaban J connectivity index is 1.96. The third-order valence-electron chi connectivity index (χ3n) is 2.91. The molecule has 0 saturated carbocycles. The first-order valence-electron chi connectivity index (χ1n) is 6.76. The maximum atomic E-state index is 8.68. The fourth-order valence-electron chi connectivity index (χ4n) is 1.79. The lowest BCUT2D eigenvalue weighted by Gasteiger charge is -2.08. The van der Waals surface area contributed by atoms with Gasteiger partial charge in [-0.3, -0.25) is 0 Å². The highest BCUT2D eigenvalue weighted by molar-refractivity contribution is 6.32. The summed E-state index contributed by atoms with van der Waals surface area (Å²) in [6, 6.07) is 13.6. The van der Waals surface area contributed by atoms with Gasteiger partial charge >= 0.3 is 0 Å². The Kier molecular flexibility index (Phi) is 5.68. The van der Waals surface area contributed by atoms with Gasteiger partial charge in [0.25, 0.3) is 0 Å². The van der Waals surface area contributed by atoms with Crippen molar-refractivity contribution in [1.29, 1.82) is 0 Å². The van der Waals surface area contributed by atoms with Gasteiger partial charge < -0.3 is 9.84 Å². The summed E-state index contributed by atoms with van der Waals surface area (Å²) < 4.78 is 5.72. The van der Waals surface area contributed by atoms with Gasteiger partial charge in [0.1, 0.15) is 12.4 Å². The lowest BCUT2D eigenvalue weighted by atomic mass is 10.1. The average molecular weight is 301 g/mol. The van der Waals surface area contributed by atoms with Crippen LogP contribution in [-0.4, -0.2) is 11.7 Å². The van der Waals surface area contributed by atoms with E-state index in [2.05, 4.69) is 11.8 Å². The van der Waals surface area contributed by atoms with Gasteiger partial charge in [-0.05, 0) is 42.3 Å². The Hall–Kier alpha value is -1.95. The molecule has 2 nitrogen and oxygen atoms in total. The third-order valence-corrected chi connectivity index (χ3v) is 3.20. The fourth-order valence-corrected chi connectivity index (χ4v) is 2.08. The lowest BCUT2D eigenvalue weighted by molar-refractivity contribution is 0.305. The van der Waals surface area contributed by atoms with Crippen LogP contribution >= 0.6 is 11.6 Å². The molecule has 0 atom stereocenters. The summed E-state index contributed by atoms with van der Waals surface area (Å²) in [4.78, 5) is 0. The molecule has 3 heteroatoms. The number of aliphatic hydroxyl groups excluding tert-OH is 1. The van der Waals surface area contributed by atoms with Gasteiger partial charge in [-0.25, -0.2) is 0 Å². The maximum absolute atomic E-state index is 8.68. The van der Waals surface area contributed by atoms with Crippen LogP contribution in [0.25, 0.3) is 0 Å². The second-order valence-electron chi connectivity index (χ2n) is 4.69. The van der Waals surface area contributed by atoms with Crippen molar-refractivity contribution >= 4 is 11.6 Å². The van der Waals surface area contributed by atoms with Crippen LogP contribution in [0.15, 0.2) is 42.5 Å². The van der Waals surface area contributed by atoms with Gasteiger partial charge in [0, 0.05) is 12.0 Å². The van der Waals surface area contributed by atoms with E-state index in [1.54, 1.807) is 0 Å². The molecule has 0 spiro atoms. The monoisotopic (exact) mass is 300 g/mol. The lowest BCUT2D eigenvalue weighted by Crippen LogP contribution is -1.96. The van der Waals surface area contributed by atoms with E-state index in [1.165, 1.54) is 0 Å². The van der Waals surface area contributed by atoms with Crippen molar-refractivity contribution in [2.75, 3.05) is 6.61 Å². The molecule has 0 unspecified atom stereocenters. The van der Waals surface area contributed by atoms with Gasteiger partial charge in [0.2, 0.25) is 0 Å². The Morgan fingerprint density at radius 2 is 1.90 bits per heavy atom. The predicted octanol–water partition coefficient (Wildman–Crippen LogP) is 3.96. The summed E-state index contributed by atoms with van der Waals surface area (Å²) >= 11 is 6.13. The second-order valence-corrected chi connectivity index (χ2v) is 5.10. The SMILES string of the molecule is Cc1ccc(OCc2ccc(C#CCCO)cc2)c(Cl)c1. The first-order chi connectivity index (χ1) is 10.2. The second kappa shape index (κ2) is 7.73. The molecule has 0 fully saturated rings. The van der Waals surface area contributed by atoms with Crippen LogP contribution in [0, 0.1) is 18.8 Å². The molecule has 108 valence electrons. The molecule has 0 aromatic heterocycles. The topological polar surface area (TPSA) is 29.5 Å². The normalized spacial score (nSPS) is 9.86. The van der Waals surface area contributed by atoms with Crippen molar-refractivity contribution in [3.8, 4) is 17.6 Å². The van der Waals surface area contributed by atoms with Crippen molar-refractivity contribution in [1.82, 2.24) is 0 Å². The van der Waals surface area contributed by atoms with E-state index in [0.717, 1.165) is 16.7 Å². The smallest absolute Gasteiger partial charge is 0.138 e. The largest absolute Gasteiger partial charge is 0.487 e. The highest BCUT2D eigenvalue weighted by Crippen LogP contribution is 2.25. The summed E-state index contributed by atoms with van der Waals surface area (Å²) in [5, 5.41) is 9.30. The Morgan fingerprint density at radius 1 is 1.14 bits per heavy atom.